The van der Waals surface area contributed by atoms with Gasteiger partial charge in [0.05, 0.1) is 25.9 Å². The predicted octanol–water partition coefficient (Wildman–Crippen LogP) is 0.657. The average Bonchev–Trinajstić information content (AvgIpc) is 3.17. The van der Waals surface area contributed by atoms with Crippen LogP contribution in [0, 0.1) is 6.92 Å². The summed E-state index contributed by atoms with van der Waals surface area (Å²) in [7, 11) is 0. The fourth-order valence-electron chi connectivity index (χ4n) is 2.89. The number of likely N-dealkylation sites (tertiary alicyclic amines) is 1. The van der Waals surface area contributed by atoms with E-state index in [1.54, 1.807) is 34.1 Å². The Kier molecular flexibility index (Phi) is 4.48. The number of aromatic nitrogens is 4. The molecular weight excluding hydrogens is 310 g/mol. The second-order valence-corrected chi connectivity index (χ2v) is 6.04. The van der Waals surface area contributed by atoms with Gasteiger partial charge in [-0.3, -0.25) is 4.79 Å². The molecule has 3 rings (SSSR count). The summed E-state index contributed by atoms with van der Waals surface area (Å²) in [6.45, 7) is 5.16. The zero-order chi connectivity index (χ0) is 17.2. The van der Waals surface area contributed by atoms with Crippen LogP contribution in [-0.4, -0.2) is 61.2 Å². The van der Waals surface area contributed by atoms with Gasteiger partial charge in [-0.2, -0.15) is 0 Å². The molecule has 1 fully saturated rings. The van der Waals surface area contributed by atoms with Crippen molar-refractivity contribution in [2.45, 2.75) is 32.4 Å². The summed E-state index contributed by atoms with van der Waals surface area (Å²) in [6, 6.07) is 3.51. The first-order valence-electron chi connectivity index (χ1n) is 7.97. The van der Waals surface area contributed by atoms with Crippen LogP contribution in [-0.2, 0) is 6.54 Å². The molecule has 1 N–H and O–H groups in total. The molecule has 0 spiro atoms. The number of carbonyl (C=O) groups excluding carboxylic acids is 1. The second kappa shape index (κ2) is 6.56. The van der Waals surface area contributed by atoms with Gasteiger partial charge in [0.2, 0.25) is 5.88 Å². The van der Waals surface area contributed by atoms with Gasteiger partial charge in [-0.25, -0.2) is 9.67 Å². The van der Waals surface area contributed by atoms with Crippen molar-refractivity contribution in [2.75, 3.05) is 19.7 Å². The molecule has 1 amide bonds. The Bertz CT molecular complexity index is 719. The topological polar surface area (TPSA) is 93.4 Å². The minimum absolute atomic E-state index is 0.180. The molecule has 0 bridgehead atoms. The summed E-state index contributed by atoms with van der Waals surface area (Å²) in [4.78, 5) is 18.7. The van der Waals surface area contributed by atoms with Crippen molar-refractivity contribution in [3.63, 3.8) is 0 Å². The lowest BCUT2D eigenvalue weighted by atomic mass is 10.0. The Balaban J connectivity index is 1.75. The van der Waals surface area contributed by atoms with E-state index < -0.39 is 5.60 Å². The second-order valence-electron chi connectivity index (χ2n) is 6.04. The van der Waals surface area contributed by atoms with Crippen molar-refractivity contribution in [3.8, 4) is 5.88 Å². The molecule has 2 aromatic rings. The first-order valence-corrected chi connectivity index (χ1v) is 7.97. The SMILES string of the molecule is CCOc1nc(C)ccc1C(=O)N1CCC(O)(Cn2ccnn2)C1. The molecule has 8 nitrogen and oxygen atoms in total. The van der Waals surface area contributed by atoms with Crippen molar-refractivity contribution in [1.29, 1.82) is 0 Å². The Morgan fingerprint density at radius 1 is 1.46 bits per heavy atom. The van der Waals surface area contributed by atoms with Crippen molar-refractivity contribution < 1.29 is 14.6 Å². The van der Waals surface area contributed by atoms with E-state index >= 15 is 0 Å². The monoisotopic (exact) mass is 331 g/mol. The van der Waals surface area contributed by atoms with Gasteiger partial charge in [0.25, 0.3) is 5.91 Å². The zero-order valence-corrected chi connectivity index (χ0v) is 13.8. The van der Waals surface area contributed by atoms with Gasteiger partial charge < -0.3 is 14.7 Å². The molecule has 0 saturated carbocycles. The Morgan fingerprint density at radius 2 is 2.29 bits per heavy atom. The van der Waals surface area contributed by atoms with Crippen LogP contribution in [0.15, 0.2) is 24.5 Å². The quantitative estimate of drug-likeness (QED) is 0.865. The van der Waals surface area contributed by atoms with Gasteiger partial charge in [-0.15, -0.1) is 5.10 Å². The number of aryl methyl sites for hydroxylation is 1. The van der Waals surface area contributed by atoms with Crippen LogP contribution in [0.3, 0.4) is 0 Å². The minimum Gasteiger partial charge on any atom is -0.477 e. The summed E-state index contributed by atoms with van der Waals surface area (Å²) in [5.41, 5.74) is 0.208. The number of β-amino-alcohol motifs (C(OH)–C–C–N with tert-alkyl or cyclic N) is 1. The largest absolute Gasteiger partial charge is 0.477 e. The molecule has 0 aliphatic carbocycles. The third kappa shape index (κ3) is 3.38. The lowest BCUT2D eigenvalue weighted by Gasteiger charge is -2.23. The Hall–Kier alpha value is -2.48. The zero-order valence-electron chi connectivity index (χ0n) is 13.8. The highest BCUT2D eigenvalue weighted by Crippen LogP contribution is 2.26. The van der Waals surface area contributed by atoms with Crippen molar-refractivity contribution in [2.24, 2.45) is 0 Å². The normalized spacial score (nSPS) is 20.4. The van der Waals surface area contributed by atoms with E-state index in [0.717, 1.165) is 5.69 Å². The highest BCUT2D eigenvalue weighted by Gasteiger charge is 2.39. The lowest BCUT2D eigenvalue weighted by Crippen LogP contribution is -2.39. The van der Waals surface area contributed by atoms with E-state index in [4.69, 9.17) is 4.74 Å². The molecule has 24 heavy (non-hydrogen) atoms. The Labute approximate surface area is 140 Å². The van der Waals surface area contributed by atoms with E-state index in [2.05, 4.69) is 15.3 Å². The molecule has 0 aromatic carbocycles. The maximum atomic E-state index is 12.8. The molecule has 1 aliphatic rings. The summed E-state index contributed by atoms with van der Waals surface area (Å²) < 4.78 is 7.07. The Morgan fingerprint density at radius 3 is 3.00 bits per heavy atom. The number of amides is 1. The number of rotatable bonds is 5. The molecule has 0 radical (unpaired) electrons. The molecule has 3 heterocycles. The highest BCUT2D eigenvalue weighted by molar-refractivity contribution is 5.96. The molecule has 128 valence electrons. The summed E-state index contributed by atoms with van der Waals surface area (Å²) in [6.07, 6.45) is 3.75. The van der Waals surface area contributed by atoms with E-state index in [9.17, 15) is 9.90 Å². The maximum absolute atomic E-state index is 12.8. The molecular formula is C16H21N5O3. The van der Waals surface area contributed by atoms with Crippen LogP contribution in [0.5, 0.6) is 5.88 Å². The first-order chi connectivity index (χ1) is 11.5. The lowest BCUT2D eigenvalue weighted by molar-refractivity contribution is 0.0266. The summed E-state index contributed by atoms with van der Waals surface area (Å²) in [5, 5.41) is 18.3. The van der Waals surface area contributed by atoms with E-state index in [-0.39, 0.29) is 12.5 Å². The third-order valence-electron chi connectivity index (χ3n) is 4.06. The molecule has 1 aliphatic heterocycles. The molecule has 1 atom stereocenters. The van der Waals surface area contributed by atoms with E-state index in [0.29, 0.717) is 37.6 Å². The number of hydrogen-bond acceptors (Lipinski definition) is 6. The summed E-state index contributed by atoms with van der Waals surface area (Å²) in [5.74, 6) is 0.162. The third-order valence-corrected chi connectivity index (χ3v) is 4.06. The van der Waals surface area contributed by atoms with Crippen LogP contribution in [0.25, 0.3) is 0 Å². The number of aliphatic hydroxyl groups is 1. The summed E-state index contributed by atoms with van der Waals surface area (Å²) >= 11 is 0. The fourth-order valence-corrected chi connectivity index (χ4v) is 2.89. The van der Waals surface area contributed by atoms with Gasteiger partial charge in [0.15, 0.2) is 0 Å². The molecule has 1 unspecified atom stereocenters. The van der Waals surface area contributed by atoms with Crippen molar-refractivity contribution in [3.05, 3.63) is 35.8 Å². The smallest absolute Gasteiger partial charge is 0.259 e. The van der Waals surface area contributed by atoms with Crippen molar-refractivity contribution in [1.82, 2.24) is 24.9 Å². The van der Waals surface area contributed by atoms with Gasteiger partial charge in [0.1, 0.15) is 11.2 Å². The van der Waals surface area contributed by atoms with Crippen LogP contribution >= 0.6 is 0 Å². The number of carbonyl (C=O) groups is 1. The number of pyridine rings is 1. The van der Waals surface area contributed by atoms with Crippen LogP contribution in [0.4, 0.5) is 0 Å². The first kappa shape index (κ1) is 16.4. The van der Waals surface area contributed by atoms with Gasteiger partial charge in [-0.05, 0) is 32.4 Å². The number of nitrogens with zero attached hydrogens (tertiary/aromatic N) is 5. The van der Waals surface area contributed by atoms with Gasteiger partial charge in [0, 0.05) is 18.4 Å². The number of ether oxygens (including phenoxy) is 1. The average molecular weight is 331 g/mol. The maximum Gasteiger partial charge on any atom is 0.259 e. The van der Waals surface area contributed by atoms with Crippen LogP contribution in [0.2, 0.25) is 0 Å². The predicted molar refractivity (Wildman–Crippen MR) is 85.6 cm³/mol. The standard InChI is InChI=1S/C16H21N5O3/c1-3-24-14-13(5-4-12(2)18-14)15(22)20-8-6-16(23,10-20)11-21-9-7-17-19-21/h4-5,7,9,23H,3,6,8,10-11H2,1-2H3. The fraction of sp³-hybridized carbons (Fsp3) is 0.500. The molecule has 1 saturated heterocycles. The van der Waals surface area contributed by atoms with Gasteiger partial charge in [-0.1, -0.05) is 5.21 Å². The van der Waals surface area contributed by atoms with Crippen LogP contribution in [0.1, 0.15) is 29.4 Å². The molecule has 2 aromatic heterocycles. The highest BCUT2D eigenvalue weighted by atomic mass is 16.5. The van der Waals surface area contributed by atoms with Crippen molar-refractivity contribution >= 4 is 5.91 Å². The van der Waals surface area contributed by atoms with Crippen LogP contribution < -0.4 is 4.74 Å². The van der Waals surface area contributed by atoms with E-state index in [1.165, 1.54) is 0 Å². The van der Waals surface area contributed by atoms with E-state index in [1.807, 2.05) is 13.8 Å². The minimum atomic E-state index is -1.01. The molecule has 8 heteroatoms. The number of hydrogen-bond donors (Lipinski definition) is 1. The van der Waals surface area contributed by atoms with Gasteiger partial charge >= 0.3 is 0 Å².